The summed E-state index contributed by atoms with van der Waals surface area (Å²) in [5.74, 6) is 0. The largest absolute Gasteiger partial charge is 0.368 e. The average molecular weight is 303 g/mol. The minimum Gasteiger partial charge on any atom is -0.368 e. The van der Waals surface area contributed by atoms with Gasteiger partial charge in [-0.15, -0.1) is 0 Å². The van der Waals surface area contributed by atoms with E-state index in [0.717, 1.165) is 11.4 Å². The van der Waals surface area contributed by atoms with E-state index in [2.05, 4.69) is 62.2 Å². The van der Waals surface area contributed by atoms with Crippen LogP contribution in [0.3, 0.4) is 0 Å². The van der Waals surface area contributed by atoms with Crippen molar-refractivity contribution in [2.45, 2.75) is 32.4 Å². The quantitative estimate of drug-likeness (QED) is 0.847. The number of hydrogen-bond donors (Lipinski definition) is 1. The summed E-state index contributed by atoms with van der Waals surface area (Å²) in [6.45, 7) is 4.31. The van der Waals surface area contributed by atoms with Crippen LogP contribution in [0, 0.1) is 0 Å². The predicted octanol–water partition coefficient (Wildman–Crippen LogP) is 4.95. The highest BCUT2D eigenvalue weighted by Crippen LogP contribution is 2.31. The lowest BCUT2D eigenvalue weighted by atomic mass is 10.0. The zero-order valence-electron chi connectivity index (χ0n) is 12.9. The molecule has 2 nitrogen and oxygen atoms in total. The first-order valence-corrected chi connectivity index (χ1v) is 7.75. The van der Waals surface area contributed by atoms with Crippen molar-refractivity contribution in [1.29, 1.82) is 0 Å². The van der Waals surface area contributed by atoms with Gasteiger partial charge in [0.25, 0.3) is 0 Å². The van der Waals surface area contributed by atoms with Crippen molar-refractivity contribution in [3.8, 4) is 0 Å². The number of rotatable bonds is 5. The van der Waals surface area contributed by atoms with Gasteiger partial charge in [-0.05, 0) is 42.7 Å². The first kappa shape index (κ1) is 15.9. The molecule has 0 aromatic heterocycles. The second-order valence-electron chi connectivity index (χ2n) is 5.41. The zero-order valence-corrected chi connectivity index (χ0v) is 13.6. The molecular weight excluding hydrogens is 280 g/mol. The molecule has 0 heterocycles. The summed E-state index contributed by atoms with van der Waals surface area (Å²) in [4.78, 5) is 2.27. The summed E-state index contributed by atoms with van der Waals surface area (Å²) in [5.41, 5.74) is 9.87. The summed E-state index contributed by atoms with van der Waals surface area (Å²) in [6.07, 6.45) is 0.931. The summed E-state index contributed by atoms with van der Waals surface area (Å²) in [7, 11) is 2.11. The molecule has 2 aromatic rings. The van der Waals surface area contributed by atoms with Gasteiger partial charge in [-0.1, -0.05) is 48.9 Å². The zero-order chi connectivity index (χ0) is 15.4. The molecule has 0 fully saturated rings. The Morgan fingerprint density at radius 3 is 2.33 bits per heavy atom. The van der Waals surface area contributed by atoms with Gasteiger partial charge < -0.3 is 10.6 Å². The van der Waals surface area contributed by atoms with Crippen molar-refractivity contribution in [2.24, 2.45) is 5.73 Å². The van der Waals surface area contributed by atoms with E-state index in [0.29, 0.717) is 0 Å². The number of para-hydroxylation sites is 1. The Bertz CT molecular complexity index is 580. The van der Waals surface area contributed by atoms with Crippen LogP contribution in [0.1, 0.15) is 43.5 Å². The van der Waals surface area contributed by atoms with Crippen molar-refractivity contribution in [3.05, 3.63) is 64.7 Å². The third kappa shape index (κ3) is 3.58. The van der Waals surface area contributed by atoms with Crippen LogP contribution in [0.2, 0.25) is 5.02 Å². The molecule has 2 aromatic carbocycles. The molecular formula is C18H23ClN2. The first-order valence-electron chi connectivity index (χ1n) is 7.37. The lowest BCUT2D eigenvalue weighted by Gasteiger charge is -2.30. The van der Waals surface area contributed by atoms with Crippen LogP contribution in [0.5, 0.6) is 0 Å². The fourth-order valence-electron chi connectivity index (χ4n) is 2.52. The fraction of sp³-hybridized carbons (Fsp3) is 0.333. The van der Waals surface area contributed by atoms with E-state index >= 15 is 0 Å². The molecule has 0 saturated carbocycles. The molecule has 112 valence electrons. The molecule has 3 heteroatoms. The van der Waals surface area contributed by atoms with E-state index in [1.54, 1.807) is 0 Å². The maximum atomic E-state index is 6.25. The molecule has 0 bridgehead atoms. The topological polar surface area (TPSA) is 29.3 Å². The highest BCUT2D eigenvalue weighted by Gasteiger charge is 2.17. The Kier molecular flexibility index (Phi) is 5.27. The summed E-state index contributed by atoms with van der Waals surface area (Å²) < 4.78 is 0. The minimum atomic E-state index is 0.0704. The van der Waals surface area contributed by atoms with Crippen molar-refractivity contribution >= 4 is 17.3 Å². The van der Waals surface area contributed by atoms with Crippen LogP contribution in [0.4, 0.5) is 5.69 Å². The monoisotopic (exact) mass is 302 g/mol. The van der Waals surface area contributed by atoms with Gasteiger partial charge in [-0.25, -0.2) is 0 Å². The third-order valence-corrected chi connectivity index (χ3v) is 4.34. The van der Waals surface area contributed by atoms with Gasteiger partial charge in [0.1, 0.15) is 0 Å². The van der Waals surface area contributed by atoms with Gasteiger partial charge in [0.15, 0.2) is 0 Å². The Balaban J connectivity index is 2.31. The van der Waals surface area contributed by atoms with Gasteiger partial charge in [0.05, 0.1) is 6.04 Å². The van der Waals surface area contributed by atoms with Gasteiger partial charge in [-0.3, -0.25) is 0 Å². The number of halogens is 1. The number of benzene rings is 2. The summed E-state index contributed by atoms with van der Waals surface area (Å²) in [5, 5.41) is 0.766. The van der Waals surface area contributed by atoms with E-state index in [1.165, 1.54) is 16.8 Å². The summed E-state index contributed by atoms with van der Waals surface area (Å²) >= 11 is 5.97. The molecule has 2 atom stereocenters. The number of anilines is 1. The van der Waals surface area contributed by atoms with E-state index in [-0.39, 0.29) is 12.1 Å². The molecule has 2 rings (SSSR count). The smallest absolute Gasteiger partial charge is 0.0511 e. The lowest BCUT2D eigenvalue weighted by molar-refractivity contribution is 0.679. The normalized spacial score (nSPS) is 13.8. The molecule has 0 aliphatic heterocycles. The van der Waals surface area contributed by atoms with Gasteiger partial charge in [0.2, 0.25) is 0 Å². The van der Waals surface area contributed by atoms with Crippen LogP contribution in [-0.4, -0.2) is 7.05 Å². The molecule has 2 N–H and O–H groups in total. The Morgan fingerprint density at radius 2 is 1.71 bits per heavy atom. The molecule has 0 saturated heterocycles. The highest BCUT2D eigenvalue weighted by molar-refractivity contribution is 6.30. The van der Waals surface area contributed by atoms with Crippen LogP contribution in [-0.2, 0) is 0 Å². The van der Waals surface area contributed by atoms with Crippen LogP contribution < -0.4 is 10.6 Å². The van der Waals surface area contributed by atoms with Crippen molar-refractivity contribution in [1.82, 2.24) is 0 Å². The summed E-state index contributed by atoms with van der Waals surface area (Å²) in [6, 6.07) is 16.7. The number of hydrogen-bond acceptors (Lipinski definition) is 2. The van der Waals surface area contributed by atoms with Crippen LogP contribution >= 0.6 is 11.6 Å². The lowest BCUT2D eigenvalue weighted by Crippen LogP contribution is -2.24. The molecule has 21 heavy (non-hydrogen) atoms. The number of nitrogens with zero attached hydrogens (tertiary/aromatic N) is 1. The molecule has 0 radical (unpaired) electrons. The maximum Gasteiger partial charge on any atom is 0.0511 e. The van der Waals surface area contributed by atoms with Crippen molar-refractivity contribution in [3.63, 3.8) is 0 Å². The number of nitrogens with two attached hydrogens (primary N) is 1. The Labute approximate surface area is 132 Å². The minimum absolute atomic E-state index is 0.0704. The van der Waals surface area contributed by atoms with Gasteiger partial charge >= 0.3 is 0 Å². The maximum absolute atomic E-state index is 6.25. The predicted molar refractivity (Wildman–Crippen MR) is 91.9 cm³/mol. The molecule has 0 amide bonds. The average Bonchev–Trinajstić information content (AvgIpc) is 2.53. The van der Waals surface area contributed by atoms with Gasteiger partial charge in [0, 0.05) is 23.8 Å². The van der Waals surface area contributed by atoms with Crippen LogP contribution in [0.15, 0.2) is 48.5 Å². The van der Waals surface area contributed by atoms with Crippen molar-refractivity contribution in [2.75, 3.05) is 11.9 Å². The fourth-order valence-corrected chi connectivity index (χ4v) is 2.64. The van der Waals surface area contributed by atoms with E-state index in [4.69, 9.17) is 17.3 Å². The van der Waals surface area contributed by atoms with Crippen LogP contribution in [0.25, 0.3) is 0 Å². The second kappa shape index (κ2) is 6.97. The van der Waals surface area contributed by atoms with E-state index < -0.39 is 0 Å². The third-order valence-electron chi connectivity index (χ3n) is 4.09. The van der Waals surface area contributed by atoms with E-state index in [1.807, 2.05) is 12.1 Å². The first-order chi connectivity index (χ1) is 10.0. The SMILES string of the molecule is CCC(N)c1ccccc1N(C)C(C)c1ccc(Cl)cc1. The molecule has 0 aliphatic rings. The van der Waals surface area contributed by atoms with Gasteiger partial charge in [-0.2, -0.15) is 0 Å². The molecule has 0 aliphatic carbocycles. The van der Waals surface area contributed by atoms with Crippen molar-refractivity contribution < 1.29 is 0 Å². The Morgan fingerprint density at radius 1 is 1.10 bits per heavy atom. The molecule has 0 spiro atoms. The second-order valence-corrected chi connectivity index (χ2v) is 5.85. The van der Waals surface area contributed by atoms with E-state index in [9.17, 15) is 0 Å². The molecule has 2 unspecified atom stereocenters. The highest BCUT2D eigenvalue weighted by atomic mass is 35.5. The Hall–Kier alpha value is -1.51. The standard InChI is InChI=1S/C18H23ClN2/c1-4-17(20)16-7-5-6-8-18(16)21(3)13(2)14-9-11-15(19)12-10-14/h5-13,17H,4,20H2,1-3H3.